The first-order valence-electron chi connectivity index (χ1n) is 15.5. The zero-order valence-electron chi connectivity index (χ0n) is 29.7. The van der Waals surface area contributed by atoms with E-state index in [1.54, 1.807) is 0 Å². The van der Waals surface area contributed by atoms with Gasteiger partial charge in [0.25, 0.3) is 46.2 Å². The lowest BCUT2D eigenvalue weighted by molar-refractivity contribution is -0.385. The molecule has 28 nitrogen and oxygen atoms in total. The number of carboxylic acids is 1. The van der Waals surface area contributed by atoms with Gasteiger partial charge in [-0.05, 0) is 41.8 Å². The maximum absolute atomic E-state index is 12.9. The van der Waals surface area contributed by atoms with E-state index in [0.717, 1.165) is 6.07 Å². The molecule has 0 aliphatic rings. The number of azo groups is 3. The molecule has 0 fully saturated rings. The fraction of sp³-hybridized carbons (Fsp3) is 0.0714. The third kappa shape index (κ3) is 10.2. The number of alkyl halides is 3. The number of phenols is 2. The van der Waals surface area contributed by atoms with Crippen molar-refractivity contribution in [3.05, 3.63) is 64.3 Å². The molecule has 0 aliphatic carbocycles. The molecule has 4 aromatic carbocycles. The van der Waals surface area contributed by atoms with Gasteiger partial charge in [-0.2, -0.15) is 57.1 Å². The summed E-state index contributed by atoms with van der Waals surface area (Å²) in [7, 11) is -22.0. The van der Waals surface area contributed by atoms with Gasteiger partial charge in [-0.25, -0.2) is 9.48 Å². The molecule has 35 heteroatoms. The summed E-state index contributed by atoms with van der Waals surface area (Å²) in [4.78, 5) is 16.1. The number of carboxylic acid groups (broad SMARTS) is 1. The quantitative estimate of drug-likeness (QED) is 0.0310. The van der Waals surface area contributed by atoms with Gasteiger partial charge in [0.1, 0.15) is 48.9 Å². The average molecular weight is 970 g/mol. The third-order valence-electron chi connectivity index (χ3n) is 7.67. The maximum Gasteiger partial charge on any atom is 0.408 e. The topological polar surface area (TPSA) is 451 Å². The SMILES string of the molecule is O=C(O)c1nn(CC(F)(F)F)c(O)c1/N=N/c1ccc(/N=N/c2c(S(=O)(=O)O)cc3cc(S(=O)(=O)O)c(/N=N/c4ccc([N+](=O)[O-])cc4S(=O)(=O)O)c(O)c3c2O)c(S(=O)(=O)O)c1. The highest BCUT2D eigenvalue weighted by atomic mass is 32.2. The summed E-state index contributed by atoms with van der Waals surface area (Å²) in [6.45, 7) is -1.98. The van der Waals surface area contributed by atoms with E-state index < -0.39 is 157 Å². The minimum absolute atomic E-state index is 0.184. The van der Waals surface area contributed by atoms with Gasteiger partial charge in [-0.3, -0.25) is 28.3 Å². The number of benzene rings is 4. The number of hydrogen-bond donors (Lipinski definition) is 8. The molecular weight excluding hydrogens is 952 g/mol. The Morgan fingerprint density at radius 3 is 1.54 bits per heavy atom. The number of nitro groups is 1. The summed E-state index contributed by atoms with van der Waals surface area (Å²) >= 11 is 0. The summed E-state index contributed by atoms with van der Waals surface area (Å²) in [5.74, 6) is -6.51. The normalized spacial score (nSPS) is 13.2. The van der Waals surface area contributed by atoms with Gasteiger partial charge in [0.05, 0.1) is 16.0 Å². The molecule has 0 saturated heterocycles. The lowest BCUT2D eigenvalue weighted by Crippen LogP contribution is -2.18. The lowest BCUT2D eigenvalue weighted by atomic mass is 10.1. The van der Waals surface area contributed by atoms with Gasteiger partial charge in [-0.15, -0.1) is 25.6 Å². The van der Waals surface area contributed by atoms with Gasteiger partial charge in [-0.1, -0.05) is 0 Å². The van der Waals surface area contributed by atoms with E-state index >= 15 is 0 Å². The number of rotatable bonds is 13. The van der Waals surface area contributed by atoms with Crippen molar-refractivity contribution >= 4 is 97.0 Å². The van der Waals surface area contributed by atoms with Crippen molar-refractivity contribution in [1.82, 2.24) is 9.78 Å². The first-order chi connectivity index (χ1) is 28.8. The van der Waals surface area contributed by atoms with Crippen molar-refractivity contribution in [1.29, 1.82) is 0 Å². The molecule has 1 heterocycles. The largest absolute Gasteiger partial charge is 0.505 e. The standard InChI is InChI=1S/C28H18F3N9O19S4/c29-28(30,31)9-39-26(43)22(23(38-39)27(44)45)37-32-11-1-3-13(15(7-11)60(48,49)50)33-35-20-17(62(54,55)56)5-10-6-18(63(57,58)59)21(25(42)19(10)24(20)41)36-34-14-4-2-12(40(46)47)8-16(14)61(51,52)53/h1-8,41-43H,9H2,(H,44,45)(H,48,49,50)(H,51,52,53)(H,54,55,56)(H,57,58,59)/b35-33+,36-34+,37-32+. The van der Waals surface area contributed by atoms with Crippen LogP contribution < -0.4 is 0 Å². The van der Waals surface area contributed by atoms with Crippen LogP contribution in [0.1, 0.15) is 10.5 Å². The van der Waals surface area contributed by atoms with Crippen LogP contribution in [0.15, 0.2) is 98.8 Å². The van der Waals surface area contributed by atoms with Crippen LogP contribution in [-0.2, 0) is 47.0 Å². The number of nitro benzene ring substituents is 1. The predicted molar refractivity (Wildman–Crippen MR) is 196 cm³/mol. The maximum atomic E-state index is 12.9. The molecule has 0 spiro atoms. The van der Waals surface area contributed by atoms with Crippen molar-refractivity contribution in [2.45, 2.75) is 32.3 Å². The van der Waals surface area contributed by atoms with Gasteiger partial charge >= 0.3 is 12.1 Å². The zero-order valence-corrected chi connectivity index (χ0v) is 33.0. The number of phenolic OH excluding ortho intramolecular Hbond substituents is 2. The Bertz CT molecular complexity index is 3360. The minimum Gasteiger partial charge on any atom is -0.505 e. The fourth-order valence-corrected chi connectivity index (χ4v) is 7.68. The van der Waals surface area contributed by atoms with E-state index in [-0.39, 0.29) is 4.68 Å². The Labute approximate surface area is 345 Å². The van der Waals surface area contributed by atoms with Crippen molar-refractivity contribution in [3.8, 4) is 17.4 Å². The second-order valence-corrected chi connectivity index (χ2v) is 17.5. The molecule has 0 aliphatic heterocycles. The lowest BCUT2D eigenvalue weighted by Gasteiger charge is -2.13. The Balaban J connectivity index is 1.69. The van der Waals surface area contributed by atoms with E-state index in [0.29, 0.717) is 42.5 Å². The van der Waals surface area contributed by atoms with Crippen LogP contribution in [0.4, 0.5) is 53.0 Å². The van der Waals surface area contributed by atoms with Gasteiger partial charge in [0.2, 0.25) is 11.6 Å². The molecule has 0 radical (unpaired) electrons. The number of non-ortho nitro benzene ring substituents is 1. The molecule has 0 atom stereocenters. The monoisotopic (exact) mass is 969 g/mol. The highest BCUT2D eigenvalue weighted by Crippen LogP contribution is 2.50. The molecule has 0 unspecified atom stereocenters. The second kappa shape index (κ2) is 16.3. The highest BCUT2D eigenvalue weighted by Gasteiger charge is 2.34. The Kier molecular flexibility index (Phi) is 12.1. The average Bonchev–Trinajstić information content (AvgIpc) is 3.44. The minimum atomic E-state index is -5.60. The van der Waals surface area contributed by atoms with Gasteiger partial charge in [0, 0.05) is 12.1 Å². The van der Waals surface area contributed by atoms with E-state index in [2.05, 4.69) is 35.8 Å². The summed E-state index contributed by atoms with van der Waals surface area (Å²) in [6, 6.07) is 4.04. The summed E-state index contributed by atoms with van der Waals surface area (Å²) in [6.07, 6.45) is -5.00. The van der Waals surface area contributed by atoms with E-state index in [1.165, 1.54) is 0 Å². The van der Waals surface area contributed by atoms with Crippen LogP contribution >= 0.6 is 0 Å². The molecule has 0 bridgehead atoms. The van der Waals surface area contributed by atoms with E-state index in [1.807, 2.05) is 0 Å². The summed E-state index contributed by atoms with van der Waals surface area (Å²) in [5.41, 5.74) is -8.59. The molecule has 8 N–H and O–H groups in total. The van der Waals surface area contributed by atoms with E-state index in [4.69, 9.17) is 0 Å². The van der Waals surface area contributed by atoms with Crippen molar-refractivity contribution in [2.75, 3.05) is 0 Å². The molecule has 0 amide bonds. The number of hydrogen-bond acceptors (Lipinski definition) is 21. The van der Waals surface area contributed by atoms with Crippen LogP contribution in [0.5, 0.6) is 17.4 Å². The van der Waals surface area contributed by atoms with Gasteiger partial charge in [0.15, 0.2) is 17.2 Å². The molecule has 0 saturated carbocycles. The Hall–Kier alpha value is -7.15. The Morgan fingerprint density at radius 2 is 1.11 bits per heavy atom. The first-order valence-corrected chi connectivity index (χ1v) is 21.3. The Morgan fingerprint density at radius 1 is 0.667 bits per heavy atom. The summed E-state index contributed by atoms with van der Waals surface area (Å²) < 4.78 is 176. The highest BCUT2D eigenvalue weighted by molar-refractivity contribution is 7.86. The number of carbonyl (C=O) groups is 1. The van der Waals surface area contributed by atoms with Crippen LogP contribution in [-0.4, -0.2) is 99.2 Å². The van der Waals surface area contributed by atoms with E-state index in [9.17, 15) is 100 Å². The number of aromatic hydroxyl groups is 3. The number of fused-ring (bicyclic) bond motifs is 1. The number of aromatic nitrogens is 2. The number of nitrogens with zero attached hydrogens (tertiary/aromatic N) is 9. The van der Waals surface area contributed by atoms with Crippen LogP contribution in [0, 0.1) is 10.1 Å². The molecule has 5 rings (SSSR count). The van der Waals surface area contributed by atoms with Crippen molar-refractivity contribution < 1.29 is 95.2 Å². The first kappa shape index (κ1) is 46.9. The molecule has 5 aromatic rings. The van der Waals surface area contributed by atoms with Crippen molar-refractivity contribution in [3.63, 3.8) is 0 Å². The fourth-order valence-electron chi connectivity index (χ4n) is 5.08. The van der Waals surface area contributed by atoms with Crippen LogP contribution in [0.3, 0.4) is 0 Å². The van der Waals surface area contributed by atoms with Crippen molar-refractivity contribution in [2.24, 2.45) is 30.7 Å². The molecule has 1 aromatic heterocycles. The molecular formula is C28H18F3N9O19S4. The number of halogens is 3. The number of aromatic carboxylic acids is 1. The smallest absolute Gasteiger partial charge is 0.408 e. The third-order valence-corrected chi connectivity index (χ3v) is 11.2. The zero-order chi connectivity index (χ0) is 47.4. The second-order valence-electron chi connectivity index (χ2n) is 11.9. The predicted octanol–water partition coefficient (Wildman–Crippen LogP) is 5.55. The van der Waals surface area contributed by atoms with Crippen LogP contribution in [0.25, 0.3) is 10.8 Å². The molecule has 63 heavy (non-hydrogen) atoms. The van der Waals surface area contributed by atoms with Gasteiger partial charge < -0.3 is 20.4 Å². The summed E-state index contributed by atoms with van der Waals surface area (Å²) in [5, 5.41) is 74.3. The van der Waals surface area contributed by atoms with Crippen LogP contribution in [0.2, 0.25) is 0 Å². The molecule has 334 valence electrons.